The van der Waals surface area contributed by atoms with E-state index in [1.54, 1.807) is 4.52 Å². The molecule has 0 aliphatic heterocycles. The number of fused-ring (bicyclic) bond motifs is 2. The fourth-order valence-corrected chi connectivity index (χ4v) is 2.29. The minimum atomic E-state index is 0.0900. The molecule has 15 heavy (non-hydrogen) atoms. The van der Waals surface area contributed by atoms with E-state index in [4.69, 9.17) is 0 Å². The van der Waals surface area contributed by atoms with E-state index in [1.165, 1.54) is 0 Å². The van der Waals surface area contributed by atoms with Crippen molar-refractivity contribution in [2.45, 2.75) is 32.6 Å². The van der Waals surface area contributed by atoms with Crippen LogP contribution in [0.3, 0.4) is 0 Å². The molecule has 0 atom stereocenters. The van der Waals surface area contributed by atoms with E-state index in [0.29, 0.717) is 0 Å². The lowest BCUT2D eigenvalue weighted by atomic mass is 10.2. The maximum absolute atomic E-state index is 12.0. The van der Waals surface area contributed by atoms with Gasteiger partial charge in [-0.2, -0.15) is 0 Å². The van der Waals surface area contributed by atoms with Gasteiger partial charge in [-0.15, -0.1) is 0 Å². The number of hydrogen-bond donors (Lipinski definition) is 1. The lowest BCUT2D eigenvalue weighted by Gasteiger charge is -2.00. The molecule has 78 valence electrons. The molecule has 0 amide bonds. The number of rotatable bonds is 1. The Morgan fingerprint density at radius 3 is 3.20 bits per heavy atom. The highest BCUT2D eigenvalue weighted by Gasteiger charge is 2.19. The second-order valence-electron chi connectivity index (χ2n) is 4.01. The molecule has 1 aliphatic rings. The average Bonchev–Trinajstić information content (AvgIpc) is 2.83. The monoisotopic (exact) mass is 203 g/mol. The molecule has 0 unspecified atom stereocenters. The minimum absolute atomic E-state index is 0.0900. The summed E-state index contributed by atoms with van der Waals surface area (Å²) >= 11 is 0. The van der Waals surface area contributed by atoms with Gasteiger partial charge in [-0.3, -0.25) is 9.89 Å². The summed E-state index contributed by atoms with van der Waals surface area (Å²) in [6.07, 6.45) is 5.67. The van der Waals surface area contributed by atoms with Crippen LogP contribution in [0, 0.1) is 0 Å². The molecule has 0 aromatic carbocycles. The first kappa shape index (κ1) is 8.71. The number of aryl methyl sites for hydroxylation is 2. The maximum Gasteiger partial charge on any atom is 0.276 e. The highest BCUT2D eigenvalue weighted by molar-refractivity contribution is 5.48. The van der Waals surface area contributed by atoms with Crippen molar-refractivity contribution >= 4 is 5.65 Å². The van der Waals surface area contributed by atoms with Crippen LogP contribution in [0.1, 0.15) is 30.2 Å². The molecule has 3 rings (SSSR count). The van der Waals surface area contributed by atoms with Crippen LogP contribution >= 0.6 is 0 Å². The lowest BCUT2D eigenvalue weighted by Crippen LogP contribution is -2.20. The predicted molar refractivity (Wildman–Crippen MR) is 57.2 cm³/mol. The van der Waals surface area contributed by atoms with Crippen molar-refractivity contribution in [3.8, 4) is 0 Å². The number of aromatic nitrogens is 3. The van der Waals surface area contributed by atoms with Crippen molar-refractivity contribution in [1.82, 2.24) is 14.6 Å². The van der Waals surface area contributed by atoms with Crippen molar-refractivity contribution in [2.75, 3.05) is 0 Å². The largest absolute Gasteiger partial charge is 0.297 e. The Morgan fingerprint density at radius 1 is 1.53 bits per heavy atom. The molecular formula is C11H13N3O. The fraction of sp³-hybridized carbons (Fsp3) is 0.455. The topological polar surface area (TPSA) is 50.2 Å². The van der Waals surface area contributed by atoms with E-state index in [2.05, 4.69) is 17.0 Å². The minimum Gasteiger partial charge on any atom is -0.297 e. The zero-order chi connectivity index (χ0) is 10.4. The number of nitrogens with zero attached hydrogens (tertiary/aromatic N) is 2. The Hall–Kier alpha value is -1.58. The number of aromatic amines is 1. The van der Waals surface area contributed by atoms with Crippen molar-refractivity contribution in [2.24, 2.45) is 0 Å². The summed E-state index contributed by atoms with van der Waals surface area (Å²) < 4.78 is 1.57. The van der Waals surface area contributed by atoms with Gasteiger partial charge in [0.1, 0.15) is 0 Å². The molecule has 2 aromatic heterocycles. The molecule has 0 spiro atoms. The molecule has 0 saturated carbocycles. The smallest absolute Gasteiger partial charge is 0.276 e. The quantitative estimate of drug-likeness (QED) is 0.753. The van der Waals surface area contributed by atoms with Crippen molar-refractivity contribution in [1.29, 1.82) is 0 Å². The van der Waals surface area contributed by atoms with Crippen LogP contribution in [0.2, 0.25) is 0 Å². The van der Waals surface area contributed by atoms with Crippen LogP contribution in [-0.4, -0.2) is 14.6 Å². The van der Waals surface area contributed by atoms with Crippen LogP contribution < -0.4 is 5.56 Å². The molecule has 0 radical (unpaired) electrons. The Labute approximate surface area is 86.9 Å². The van der Waals surface area contributed by atoms with E-state index < -0.39 is 0 Å². The van der Waals surface area contributed by atoms with Gasteiger partial charge in [0.25, 0.3) is 5.56 Å². The highest BCUT2D eigenvalue weighted by Crippen LogP contribution is 2.18. The maximum atomic E-state index is 12.0. The highest BCUT2D eigenvalue weighted by atomic mass is 16.1. The molecule has 0 bridgehead atoms. The van der Waals surface area contributed by atoms with Gasteiger partial charge in [0, 0.05) is 17.3 Å². The third kappa shape index (κ3) is 1.07. The van der Waals surface area contributed by atoms with Gasteiger partial charge in [-0.25, -0.2) is 9.50 Å². The summed E-state index contributed by atoms with van der Waals surface area (Å²) in [6.45, 7) is 2.07. The van der Waals surface area contributed by atoms with E-state index in [0.717, 1.165) is 48.2 Å². The summed E-state index contributed by atoms with van der Waals surface area (Å²) in [5.74, 6) is 0. The van der Waals surface area contributed by atoms with Crippen molar-refractivity contribution in [3.63, 3.8) is 0 Å². The van der Waals surface area contributed by atoms with Crippen molar-refractivity contribution in [3.05, 3.63) is 33.4 Å². The fourth-order valence-electron chi connectivity index (χ4n) is 2.29. The SMILES string of the molecule is CCc1c[nH]n2c(=O)c3c(nc12)CCC3. The molecule has 0 saturated heterocycles. The van der Waals surface area contributed by atoms with Gasteiger partial charge >= 0.3 is 0 Å². The van der Waals surface area contributed by atoms with Crippen LogP contribution in [0.5, 0.6) is 0 Å². The summed E-state index contributed by atoms with van der Waals surface area (Å²) in [7, 11) is 0. The zero-order valence-corrected chi connectivity index (χ0v) is 8.71. The summed E-state index contributed by atoms with van der Waals surface area (Å²) in [6, 6.07) is 0. The molecular weight excluding hydrogens is 190 g/mol. The van der Waals surface area contributed by atoms with Crippen LogP contribution in [0.4, 0.5) is 0 Å². The third-order valence-electron chi connectivity index (χ3n) is 3.14. The van der Waals surface area contributed by atoms with Gasteiger partial charge in [-0.05, 0) is 25.7 Å². The third-order valence-corrected chi connectivity index (χ3v) is 3.14. The second kappa shape index (κ2) is 2.95. The summed E-state index contributed by atoms with van der Waals surface area (Å²) in [4.78, 5) is 16.6. The van der Waals surface area contributed by atoms with Crippen LogP contribution in [0.15, 0.2) is 11.0 Å². The molecule has 0 fully saturated rings. The molecule has 1 aliphatic carbocycles. The second-order valence-corrected chi connectivity index (χ2v) is 4.01. The van der Waals surface area contributed by atoms with Gasteiger partial charge in [0.15, 0.2) is 5.65 Å². The summed E-state index contributed by atoms with van der Waals surface area (Å²) in [5, 5.41) is 2.98. The van der Waals surface area contributed by atoms with Crippen LogP contribution in [0.25, 0.3) is 5.65 Å². The Morgan fingerprint density at radius 2 is 2.40 bits per heavy atom. The molecule has 4 nitrogen and oxygen atoms in total. The van der Waals surface area contributed by atoms with E-state index in [1.807, 2.05) is 6.20 Å². The Balaban J connectivity index is 2.43. The molecule has 1 N–H and O–H groups in total. The number of nitrogens with one attached hydrogen (secondary N) is 1. The Kier molecular flexibility index (Phi) is 1.71. The molecule has 2 aromatic rings. The summed E-state index contributed by atoms with van der Waals surface area (Å²) in [5.41, 5.74) is 3.92. The first-order valence-corrected chi connectivity index (χ1v) is 5.42. The standard InChI is InChI=1S/C11H13N3O/c1-2-7-6-12-14-10(7)13-9-5-3-4-8(9)11(14)15/h6,12H,2-5H2,1H3. The normalized spacial score (nSPS) is 14.7. The number of hydrogen-bond acceptors (Lipinski definition) is 2. The lowest BCUT2D eigenvalue weighted by molar-refractivity contribution is 0.870. The number of H-pyrrole nitrogens is 1. The molecule has 4 heteroatoms. The van der Waals surface area contributed by atoms with Crippen molar-refractivity contribution < 1.29 is 0 Å². The van der Waals surface area contributed by atoms with Crippen LogP contribution in [-0.2, 0) is 19.3 Å². The molecule has 2 heterocycles. The average molecular weight is 203 g/mol. The zero-order valence-electron chi connectivity index (χ0n) is 8.71. The van der Waals surface area contributed by atoms with E-state index in [-0.39, 0.29) is 5.56 Å². The predicted octanol–water partition coefficient (Wildman–Crippen LogP) is 1.07. The van der Waals surface area contributed by atoms with E-state index in [9.17, 15) is 4.79 Å². The first-order chi connectivity index (χ1) is 7.31. The van der Waals surface area contributed by atoms with Gasteiger partial charge in [-0.1, -0.05) is 6.92 Å². The van der Waals surface area contributed by atoms with Gasteiger partial charge < -0.3 is 0 Å². The van der Waals surface area contributed by atoms with E-state index >= 15 is 0 Å². The first-order valence-electron chi connectivity index (χ1n) is 5.42. The van der Waals surface area contributed by atoms with Gasteiger partial charge in [0.2, 0.25) is 0 Å². The Bertz CT molecular complexity index is 579. The van der Waals surface area contributed by atoms with Gasteiger partial charge in [0.05, 0.1) is 5.69 Å².